The van der Waals surface area contributed by atoms with Crippen molar-refractivity contribution in [2.45, 2.75) is 24.7 Å². The minimum Gasteiger partial charge on any atom is -0.504 e. The highest BCUT2D eigenvalue weighted by atomic mass is 35.5. The van der Waals surface area contributed by atoms with E-state index in [2.05, 4.69) is 10.6 Å². The Morgan fingerprint density at radius 1 is 0.971 bits per heavy atom. The highest BCUT2D eigenvalue weighted by molar-refractivity contribution is 6.33. The van der Waals surface area contributed by atoms with Gasteiger partial charge in [-0.15, -0.1) is 0 Å². The van der Waals surface area contributed by atoms with E-state index in [0.29, 0.717) is 27.9 Å². The Morgan fingerprint density at radius 3 is 2.31 bits per heavy atom. The number of anilines is 1. The first-order valence-electron chi connectivity index (χ1n) is 10.8. The Hall–Kier alpha value is -3.50. The molecule has 0 amide bonds. The number of phenolic OH excluding ortho intramolecular Hbond substituents is 3. The Morgan fingerprint density at radius 2 is 1.63 bits per heavy atom. The summed E-state index contributed by atoms with van der Waals surface area (Å²) in [6.45, 7) is 1.82. The largest absolute Gasteiger partial charge is 0.504 e. The van der Waals surface area contributed by atoms with Crippen molar-refractivity contribution in [2.75, 3.05) is 18.4 Å². The van der Waals surface area contributed by atoms with Gasteiger partial charge in [0.2, 0.25) is 5.75 Å². The summed E-state index contributed by atoms with van der Waals surface area (Å²) >= 11 is 6.09. The van der Waals surface area contributed by atoms with Crippen LogP contribution in [0, 0.1) is 0 Å². The van der Waals surface area contributed by atoms with Crippen molar-refractivity contribution in [1.82, 2.24) is 5.32 Å². The molecule has 10 heteroatoms. The lowest BCUT2D eigenvalue weighted by atomic mass is 9.68. The number of aromatic carboxylic acids is 1. The van der Waals surface area contributed by atoms with Gasteiger partial charge in [-0.2, -0.15) is 0 Å². The van der Waals surface area contributed by atoms with Crippen LogP contribution in [0.3, 0.4) is 0 Å². The third-order valence-corrected chi connectivity index (χ3v) is 6.64. The molecule has 4 rings (SSSR count). The fourth-order valence-electron chi connectivity index (χ4n) is 4.46. The number of phenols is 3. The normalized spacial score (nSPS) is 16.9. The minimum atomic E-state index is -2.33. The molecule has 1 aliphatic carbocycles. The number of aromatic hydroxyl groups is 3. The average molecular weight is 501 g/mol. The van der Waals surface area contributed by atoms with Gasteiger partial charge in [-0.3, -0.25) is 0 Å². The van der Waals surface area contributed by atoms with Gasteiger partial charge in [-0.05, 0) is 46.9 Å². The zero-order chi connectivity index (χ0) is 25.5. The molecule has 35 heavy (non-hydrogen) atoms. The highest BCUT2D eigenvalue weighted by Crippen LogP contribution is 2.59. The number of benzene rings is 3. The molecule has 0 radical (unpaired) electrons. The van der Waals surface area contributed by atoms with Gasteiger partial charge in [0, 0.05) is 23.7 Å². The van der Waals surface area contributed by atoms with Gasteiger partial charge in [0.25, 0.3) is 5.91 Å². The van der Waals surface area contributed by atoms with Crippen molar-refractivity contribution < 1.29 is 35.4 Å². The monoisotopic (exact) mass is 500 g/mol. The topological polar surface area (TPSA) is 163 Å². The zero-order valence-electron chi connectivity index (χ0n) is 18.7. The average Bonchev–Trinajstić information content (AvgIpc) is 2.82. The van der Waals surface area contributed by atoms with E-state index in [-0.39, 0.29) is 35.5 Å². The summed E-state index contributed by atoms with van der Waals surface area (Å²) in [5.74, 6) is -5.45. The third kappa shape index (κ3) is 4.71. The quantitative estimate of drug-likeness (QED) is 0.171. The molecule has 2 unspecified atom stereocenters. The predicted molar refractivity (Wildman–Crippen MR) is 130 cm³/mol. The molecule has 1 aliphatic rings. The number of hydrogen-bond donors (Lipinski definition) is 8. The van der Waals surface area contributed by atoms with Crippen molar-refractivity contribution >= 4 is 23.3 Å². The maximum absolute atomic E-state index is 11.2. The lowest BCUT2D eigenvalue weighted by molar-refractivity contribution is -0.131. The number of aliphatic hydroxyl groups is 2. The van der Waals surface area contributed by atoms with Crippen LogP contribution in [0.2, 0.25) is 5.02 Å². The molecular formula is C25H25ClN2O7. The molecule has 2 atom stereocenters. The summed E-state index contributed by atoms with van der Waals surface area (Å²) in [6, 6.07) is 13.2. The van der Waals surface area contributed by atoms with Crippen LogP contribution in [-0.4, -0.2) is 55.6 Å². The van der Waals surface area contributed by atoms with Crippen LogP contribution in [0.5, 0.6) is 17.2 Å². The molecule has 3 aromatic rings. The molecule has 0 heterocycles. The molecule has 0 aromatic heterocycles. The first-order chi connectivity index (χ1) is 16.5. The van der Waals surface area contributed by atoms with E-state index in [9.17, 15) is 35.4 Å². The van der Waals surface area contributed by atoms with Crippen LogP contribution in [0.4, 0.5) is 5.69 Å². The van der Waals surface area contributed by atoms with Crippen molar-refractivity contribution in [2.24, 2.45) is 0 Å². The lowest BCUT2D eigenvalue weighted by Gasteiger charge is -2.39. The number of carboxylic acid groups (broad SMARTS) is 1. The van der Waals surface area contributed by atoms with Gasteiger partial charge in [0.1, 0.15) is 0 Å². The predicted octanol–water partition coefficient (Wildman–Crippen LogP) is 3.36. The standard InChI is InChI=1S/C25H25ClN2O7/c1-12-17(19-18(12)20(26)22(30)23(31)21(19)29)10-27-11-25(34,35)28-16-7-3-5-14(9-16)13-4-2-6-15(8-13)24(32)33/h2-9,12,17,27-31,34-35H,10-11H2,1H3,(H,32,33). The molecule has 0 spiro atoms. The SMILES string of the molecule is CC1c2c(Cl)c(O)c(O)c(O)c2C1CNCC(O)(O)Nc1cccc(-c2cccc(C(=O)O)c2)c1. The Kier molecular flexibility index (Phi) is 6.52. The van der Waals surface area contributed by atoms with E-state index >= 15 is 0 Å². The molecule has 0 aliphatic heterocycles. The van der Waals surface area contributed by atoms with E-state index in [4.69, 9.17) is 11.6 Å². The van der Waals surface area contributed by atoms with Crippen molar-refractivity contribution in [3.63, 3.8) is 0 Å². The second-order valence-electron chi connectivity index (χ2n) is 8.62. The van der Waals surface area contributed by atoms with Gasteiger partial charge in [-0.25, -0.2) is 4.79 Å². The Bertz CT molecular complexity index is 1300. The van der Waals surface area contributed by atoms with Gasteiger partial charge in [-0.1, -0.05) is 42.8 Å². The summed E-state index contributed by atoms with van der Waals surface area (Å²) in [5.41, 5.74) is 2.87. The summed E-state index contributed by atoms with van der Waals surface area (Å²) in [5, 5.41) is 65.6. The van der Waals surface area contributed by atoms with Gasteiger partial charge in [0.05, 0.1) is 17.1 Å². The van der Waals surface area contributed by atoms with Crippen LogP contribution in [-0.2, 0) is 0 Å². The first-order valence-corrected chi connectivity index (χ1v) is 11.2. The van der Waals surface area contributed by atoms with Gasteiger partial charge >= 0.3 is 5.97 Å². The number of fused-ring (bicyclic) bond motifs is 1. The van der Waals surface area contributed by atoms with Crippen molar-refractivity contribution in [1.29, 1.82) is 0 Å². The molecule has 0 bridgehead atoms. The summed E-state index contributed by atoms with van der Waals surface area (Å²) in [4.78, 5) is 11.2. The van der Waals surface area contributed by atoms with Crippen LogP contribution in [0.15, 0.2) is 48.5 Å². The van der Waals surface area contributed by atoms with Crippen molar-refractivity contribution in [3.8, 4) is 28.4 Å². The van der Waals surface area contributed by atoms with Gasteiger partial charge in [0.15, 0.2) is 11.5 Å². The van der Waals surface area contributed by atoms with E-state index in [0.717, 1.165) is 0 Å². The number of halogens is 1. The molecular weight excluding hydrogens is 476 g/mol. The van der Waals surface area contributed by atoms with E-state index in [1.54, 1.807) is 36.4 Å². The van der Waals surface area contributed by atoms with Crippen molar-refractivity contribution in [3.05, 3.63) is 70.2 Å². The van der Waals surface area contributed by atoms with Crippen LogP contribution in [0.25, 0.3) is 11.1 Å². The number of rotatable bonds is 8. The van der Waals surface area contributed by atoms with E-state index < -0.39 is 29.1 Å². The van der Waals surface area contributed by atoms with Crippen LogP contribution in [0.1, 0.15) is 40.2 Å². The molecule has 0 saturated heterocycles. The first kappa shape index (κ1) is 24.6. The summed E-state index contributed by atoms with van der Waals surface area (Å²) in [6.07, 6.45) is 0. The highest BCUT2D eigenvalue weighted by Gasteiger charge is 2.42. The maximum Gasteiger partial charge on any atom is 0.335 e. The molecule has 0 saturated carbocycles. The Labute approximate surface area is 205 Å². The molecule has 8 N–H and O–H groups in total. The van der Waals surface area contributed by atoms with Crippen LogP contribution < -0.4 is 10.6 Å². The maximum atomic E-state index is 11.2. The second-order valence-corrected chi connectivity index (χ2v) is 9.00. The summed E-state index contributed by atoms with van der Waals surface area (Å²) in [7, 11) is 0. The molecule has 0 fully saturated rings. The third-order valence-electron chi connectivity index (χ3n) is 6.25. The smallest absolute Gasteiger partial charge is 0.335 e. The van der Waals surface area contributed by atoms with E-state index in [1.807, 2.05) is 6.92 Å². The number of carboxylic acids is 1. The lowest BCUT2D eigenvalue weighted by Crippen LogP contribution is -2.48. The number of carbonyl (C=O) groups is 1. The second kappa shape index (κ2) is 9.27. The fourth-order valence-corrected chi connectivity index (χ4v) is 4.82. The summed E-state index contributed by atoms with van der Waals surface area (Å²) < 4.78 is 0. The van der Waals surface area contributed by atoms with Gasteiger partial charge < -0.3 is 41.3 Å². The fraction of sp³-hybridized carbons (Fsp3) is 0.240. The zero-order valence-corrected chi connectivity index (χ0v) is 19.4. The van der Waals surface area contributed by atoms with E-state index in [1.165, 1.54) is 12.1 Å². The van der Waals surface area contributed by atoms with Crippen LogP contribution >= 0.6 is 11.6 Å². The molecule has 184 valence electrons. The minimum absolute atomic E-state index is 0.00634. The molecule has 3 aromatic carbocycles. The number of hydrogen-bond acceptors (Lipinski definition) is 8. The molecule has 9 nitrogen and oxygen atoms in total. The Balaban J connectivity index is 1.41. The number of nitrogens with one attached hydrogen (secondary N) is 2.